The van der Waals surface area contributed by atoms with E-state index in [0.29, 0.717) is 5.75 Å². The van der Waals surface area contributed by atoms with E-state index in [1.807, 2.05) is 19.2 Å². The van der Waals surface area contributed by atoms with Gasteiger partial charge in [0.05, 0.1) is 5.41 Å². The molecule has 0 bridgehead atoms. The summed E-state index contributed by atoms with van der Waals surface area (Å²) in [6, 6.07) is 14.3. The molecule has 3 heteroatoms. The maximum atomic E-state index is 9.88. The third kappa shape index (κ3) is 3.97. The highest BCUT2D eigenvalue weighted by Gasteiger charge is 2.43. The molecule has 0 saturated heterocycles. The SMILES string of the molecule is CCCCC[N+]1=C(/C=C/C=C/c2cn(C)c3ccc(O)cc23)C(C)(C)c2ccccc21. The van der Waals surface area contributed by atoms with Crippen LogP contribution in [-0.4, -0.2) is 26.5 Å². The summed E-state index contributed by atoms with van der Waals surface area (Å²) >= 11 is 0. The van der Waals surface area contributed by atoms with Crippen LogP contribution in [0.25, 0.3) is 17.0 Å². The van der Waals surface area contributed by atoms with Gasteiger partial charge in [-0.25, -0.2) is 0 Å². The number of nitrogens with zero attached hydrogens (tertiary/aromatic N) is 2. The molecule has 3 nitrogen and oxygen atoms in total. The van der Waals surface area contributed by atoms with Crippen molar-refractivity contribution in [2.75, 3.05) is 6.54 Å². The number of hydrogen-bond acceptors (Lipinski definition) is 1. The first-order valence-electron chi connectivity index (χ1n) is 11.3. The summed E-state index contributed by atoms with van der Waals surface area (Å²) in [7, 11) is 2.04. The van der Waals surface area contributed by atoms with Gasteiger partial charge < -0.3 is 9.67 Å². The fourth-order valence-corrected chi connectivity index (χ4v) is 4.75. The first kappa shape index (κ1) is 21.2. The molecular weight excluding hydrogens is 380 g/mol. The van der Waals surface area contributed by atoms with Gasteiger partial charge in [-0.3, -0.25) is 0 Å². The quantitative estimate of drug-likeness (QED) is 0.260. The van der Waals surface area contributed by atoms with Crippen LogP contribution < -0.4 is 0 Å². The zero-order valence-corrected chi connectivity index (χ0v) is 19.1. The summed E-state index contributed by atoms with van der Waals surface area (Å²) in [6.07, 6.45) is 14.4. The topological polar surface area (TPSA) is 28.2 Å². The number of phenols is 1. The summed E-state index contributed by atoms with van der Waals surface area (Å²) in [5.41, 5.74) is 6.31. The van der Waals surface area contributed by atoms with Gasteiger partial charge in [0.15, 0.2) is 5.71 Å². The summed E-state index contributed by atoms with van der Waals surface area (Å²) in [6.45, 7) is 7.95. The average Bonchev–Trinajstić information content (AvgIpc) is 3.17. The van der Waals surface area contributed by atoms with Crippen molar-refractivity contribution in [2.24, 2.45) is 7.05 Å². The van der Waals surface area contributed by atoms with E-state index >= 15 is 0 Å². The van der Waals surface area contributed by atoms with Crippen LogP contribution in [0, 0.1) is 0 Å². The number of phenolic OH excluding ortho intramolecular Hbond substituents is 1. The summed E-state index contributed by atoms with van der Waals surface area (Å²) < 4.78 is 4.60. The molecule has 0 saturated carbocycles. The third-order valence-corrected chi connectivity index (χ3v) is 6.43. The molecular formula is C28H33N2O+. The van der Waals surface area contributed by atoms with Gasteiger partial charge in [-0.15, -0.1) is 0 Å². The molecule has 160 valence electrons. The summed E-state index contributed by atoms with van der Waals surface area (Å²) in [4.78, 5) is 0. The van der Waals surface area contributed by atoms with Crippen LogP contribution in [0.3, 0.4) is 0 Å². The standard InChI is InChI=1S/C28H32N2O/c1-5-6-11-18-30-26-14-9-8-13-24(26)28(2,3)27(30)15-10-7-12-21-20-29(4)25-17-16-22(31)19-23(21)25/h7-10,12-17,19-20H,5-6,11,18H2,1-4H3/p+1. The molecule has 0 amide bonds. The molecule has 2 aromatic carbocycles. The van der Waals surface area contributed by atoms with Gasteiger partial charge in [-0.1, -0.05) is 49.8 Å². The molecule has 1 aromatic heterocycles. The predicted octanol–water partition coefficient (Wildman–Crippen LogP) is 6.72. The second kappa shape index (κ2) is 8.58. The van der Waals surface area contributed by atoms with Crippen molar-refractivity contribution >= 4 is 28.4 Å². The van der Waals surface area contributed by atoms with Crippen molar-refractivity contribution in [3.8, 4) is 5.75 Å². The Kier molecular flexibility index (Phi) is 5.86. The lowest BCUT2D eigenvalue weighted by Gasteiger charge is -2.15. The fourth-order valence-electron chi connectivity index (χ4n) is 4.75. The minimum absolute atomic E-state index is 0.0155. The Bertz CT molecular complexity index is 1190. The van der Waals surface area contributed by atoms with Crippen LogP contribution in [0.2, 0.25) is 0 Å². The second-order valence-electron chi connectivity index (χ2n) is 9.00. The zero-order valence-electron chi connectivity index (χ0n) is 19.1. The van der Waals surface area contributed by atoms with Gasteiger partial charge in [0.1, 0.15) is 12.3 Å². The molecule has 0 aliphatic carbocycles. The maximum absolute atomic E-state index is 9.88. The number of aryl methyl sites for hydroxylation is 1. The third-order valence-electron chi connectivity index (χ3n) is 6.43. The maximum Gasteiger partial charge on any atom is 0.209 e. The largest absolute Gasteiger partial charge is 0.508 e. The van der Waals surface area contributed by atoms with Crippen LogP contribution in [0.1, 0.15) is 51.2 Å². The van der Waals surface area contributed by atoms with Crippen molar-refractivity contribution in [3.63, 3.8) is 0 Å². The molecule has 0 fully saturated rings. The number of fused-ring (bicyclic) bond motifs is 2. The number of aromatic nitrogens is 1. The summed E-state index contributed by atoms with van der Waals surface area (Å²) in [5.74, 6) is 0.299. The normalized spacial score (nSPS) is 15.6. The van der Waals surface area contributed by atoms with Gasteiger partial charge >= 0.3 is 0 Å². The molecule has 1 aliphatic rings. The highest BCUT2D eigenvalue weighted by molar-refractivity contribution is 6.03. The van der Waals surface area contributed by atoms with Crippen LogP contribution in [0.15, 0.2) is 66.9 Å². The second-order valence-corrected chi connectivity index (χ2v) is 9.00. The molecule has 0 spiro atoms. The van der Waals surface area contributed by atoms with Crippen LogP contribution in [0.5, 0.6) is 5.75 Å². The molecule has 0 unspecified atom stereocenters. The Morgan fingerprint density at radius 2 is 1.81 bits per heavy atom. The van der Waals surface area contributed by atoms with E-state index in [9.17, 15) is 5.11 Å². The number of unbranched alkanes of at least 4 members (excludes halogenated alkanes) is 2. The molecule has 1 N–H and O–H groups in total. The Morgan fingerprint density at radius 1 is 1.03 bits per heavy atom. The minimum Gasteiger partial charge on any atom is -0.508 e. The highest BCUT2D eigenvalue weighted by Crippen LogP contribution is 2.40. The molecule has 4 rings (SSSR count). The number of para-hydroxylation sites is 1. The Hall–Kier alpha value is -3.07. The summed E-state index contributed by atoms with van der Waals surface area (Å²) in [5, 5.41) is 10.9. The van der Waals surface area contributed by atoms with E-state index < -0.39 is 0 Å². The van der Waals surface area contributed by atoms with E-state index in [4.69, 9.17) is 0 Å². The van der Waals surface area contributed by atoms with E-state index in [0.717, 1.165) is 23.0 Å². The predicted molar refractivity (Wildman–Crippen MR) is 132 cm³/mol. The highest BCUT2D eigenvalue weighted by atomic mass is 16.3. The van der Waals surface area contributed by atoms with Crippen molar-refractivity contribution in [2.45, 2.75) is 45.4 Å². The van der Waals surface area contributed by atoms with Crippen molar-refractivity contribution in [1.82, 2.24) is 4.57 Å². The smallest absolute Gasteiger partial charge is 0.209 e. The molecule has 0 atom stereocenters. The lowest BCUT2D eigenvalue weighted by Crippen LogP contribution is -2.27. The van der Waals surface area contributed by atoms with Gasteiger partial charge in [-0.2, -0.15) is 4.58 Å². The lowest BCUT2D eigenvalue weighted by atomic mass is 9.81. The molecule has 31 heavy (non-hydrogen) atoms. The van der Waals surface area contributed by atoms with Crippen LogP contribution in [0.4, 0.5) is 5.69 Å². The number of hydrogen-bond donors (Lipinski definition) is 1. The Labute approximate surface area is 185 Å². The van der Waals surface area contributed by atoms with Crippen molar-refractivity contribution < 1.29 is 9.68 Å². The minimum atomic E-state index is -0.0155. The van der Waals surface area contributed by atoms with E-state index in [1.165, 1.54) is 36.2 Å². The Morgan fingerprint density at radius 3 is 2.61 bits per heavy atom. The van der Waals surface area contributed by atoms with Gasteiger partial charge in [0.25, 0.3) is 0 Å². The molecule has 0 radical (unpaired) electrons. The molecule has 2 heterocycles. The first-order valence-corrected chi connectivity index (χ1v) is 11.3. The lowest BCUT2D eigenvalue weighted by molar-refractivity contribution is -0.438. The van der Waals surface area contributed by atoms with Crippen molar-refractivity contribution in [1.29, 1.82) is 0 Å². The Balaban J connectivity index is 1.65. The molecule has 1 aliphatic heterocycles. The number of allylic oxidation sites excluding steroid dienone is 3. The van der Waals surface area contributed by atoms with E-state index in [2.05, 4.69) is 84.7 Å². The van der Waals surface area contributed by atoms with Crippen LogP contribution >= 0.6 is 0 Å². The molecule has 3 aromatic rings. The van der Waals surface area contributed by atoms with E-state index in [-0.39, 0.29) is 5.41 Å². The fraction of sp³-hybridized carbons (Fsp3) is 0.321. The first-order chi connectivity index (χ1) is 14.9. The monoisotopic (exact) mass is 413 g/mol. The number of rotatable bonds is 7. The van der Waals surface area contributed by atoms with Crippen molar-refractivity contribution in [3.05, 3.63) is 78.0 Å². The number of aromatic hydroxyl groups is 1. The van der Waals surface area contributed by atoms with Gasteiger partial charge in [0, 0.05) is 53.8 Å². The zero-order chi connectivity index (χ0) is 22.0. The average molecular weight is 414 g/mol. The van der Waals surface area contributed by atoms with Gasteiger partial charge in [0.2, 0.25) is 5.69 Å². The van der Waals surface area contributed by atoms with Crippen LogP contribution in [-0.2, 0) is 12.5 Å². The van der Waals surface area contributed by atoms with E-state index in [1.54, 1.807) is 6.07 Å². The van der Waals surface area contributed by atoms with Gasteiger partial charge in [-0.05, 0) is 38.5 Å². The number of benzene rings is 2.